The van der Waals surface area contributed by atoms with Gasteiger partial charge in [-0.3, -0.25) is 4.79 Å². The molecule has 1 N–H and O–H groups in total. The van der Waals surface area contributed by atoms with Gasteiger partial charge in [0.2, 0.25) is 5.13 Å². The van der Waals surface area contributed by atoms with E-state index in [1.807, 2.05) is 55.5 Å². The van der Waals surface area contributed by atoms with Gasteiger partial charge in [-0.1, -0.05) is 18.3 Å². The number of nitrogens with one attached hydrogen (secondary N) is 1. The van der Waals surface area contributed by atoms with E-state index < -0.39 is 0 Å². The van der Waals surface area contributed by atoms with E-state index in [0.29, 0.717) is 16.5 Å². The van der Waals surface area contributed by atoms with Crippen LogP contribution < -0.4 is 10.1 Å². The normalized spacial score (nSPS) is 11.0. The molecule has 0 aliphatic heterocycles. The number of aryl methyl sites for hydroxylation is 1. The summed E-state index contributed by atoms with van der Waals surface area (Å²) >= 11 is 3.25. The number of thiazole rings is 1. The summed E-state index contributed by atoms with van der Waals surface area (Å²) in [6.45, 7) is 3.99. The topological polar surface area (TPSA) is 69.0 Å². The molecule has 29 heavy (non-hydrogen) atoms. The lowest BCUT2D eigenvalue weighted by molar-refractivity contribution is 0.102. The average Bonchev–Trinajstić information content (AvgIpc) is 3.30. The van der Waals surface area contributed by atoms with E-state index in [1.165, 1.54) is 11.3 Å². The van der Waals surface area contributed by atoms with E-state index in [2.05, 4.69) is 22.3 Å². The predicted octanol–water partition coefficient (Wildman–Crippen LogP) is 5.16. The third kappa shape index (κ3) is 4.13. The average molecular weight is 425 g/mol. The second-order valence-corrected chi connectivity index (χ2v) is 8.67. The minimum Gasteiger partial charge on any atom is -0.497 e. The molecule has 0 saturated carbocycles. The summed E-state index contributed by atoms with van der Waals surface area (Å²) in [5.41, 5.74) is 2.23. The van der Waals surface area contributed by atoms with E-state index >= 15 is 0 Å². The lowest BCUT2D eigenvalue weighted by Crippen LogP contribution is -2.15. The predicted molar refractivity (Wildman–Crippen MR) is 119 cm³/mol. The van der Waals surface area contributed by atoms with Crippen LogP contribution >= 0.6 is 23.1 Å². The molecule has 4 aromatic rings. The highest BCUT2D eigenvalue weighted by Gasteiger charge is 2.16. The molecule has 0 aliphatic rings. The van der Waals surface area contributed by atoms with Gasteiger partial charge in [-0.15, -0.1) is 11.8 Å². The van der Waals surface area contributed by atoms with Gasteiger partial charge in [-0.2, -0.15) is 9.78 Å². The Bertz CT molecular complexity index is 1170. The molecular weight excluding hydrogens is 404 g/mol. The van der Waals surface area contributed by atoms with E-state index in [4.69, 9.17) is 4.74 Å². The second-order valence-electron chi connectivity index (χ2n) is 6.32. The smallest absolute Gasteiger partial charge is 0.256 e. The van der Waals surface area contributed by atoms with E-state index in [1.54, 1.807) is 23.6 Å². The molecule has 6 nitrogen and oxygen atoms in total. The first-order valence-electron chi connectivity index (χ1n) is 9.13. The number of amides is 1. The van der Waals surface area contributed by atoms with Crippen LogP contribution in [-0.4, -0.2) is 33.5 Å². The Labute approximate surface area is 176 Å². The Hall–Kier alpha value is -2.84. The lowest BCUT2D eigenvalue weighted by atomic mass is 10.2. The van der Waals surface area contributed by atoms with Gasteiger partial charge in [0.1, 0.15) is 11.6 Å². The van der Waals surface area contributed by atoms with Gasteiger partial charge in [-0.25, -0.2) is 4.98 Å². The monoisotopic (exact) mass is 424 g/mol. The summed E-state index contributed by atoms with van der Waals surface area (Å²) < 4.78 is 7.97. The largest absolute Gasteiger partial charge is 0.497 e. The zero-order chi connectivity index (χ0) is 20.4. The number of hydrogen-bond donors (Lipinski definition) is 1. The van der Waals surface area contributed by atoms with Crippen LogP contribution in [0.4, 0.5) is 5.82 Å². The van der Waals surface area contributed by atoms with Gasteiger partial charge < -0.3 is 10.1 Å². The highest BCUT2D eigenvalue weighted by Crippen LogP contribution is 2.30. The highest BCUT2D eigenvalue weighted by atomic mass is 32.2. The Morgan fingerprint density at radius 2 is 2.00 bits per heavy atom. The van der Waals surface area contributed by atoms with Crippen molar-refractivity contribution in [3.63, 3.8) is 0 Å². The number of hydrogen-bond acceptors (Lipinski definition) is 6. The highest BCUT2D eigenvalue weighted by molar-refractivity contribution is 7.99. The number of thioether (sulfide) groups is 1. The molecular formula is C21H20N4O2S2. The zero-order valence-corrected chi connectivity index (χ0v) is 17.9. The summed E-state index contributed by atoms with van der Waals surface area (Å²) in [5, 5.41) is 8.17. The van der Waals surface area contributed by atoms with Crippen LogP contribution in [0.1, 0.15) is 23.0 Å². The van der Waals surface area contributed by atoms with Crippen molar-refractivity contribution >= 4 is 45.0 Å². The number of rotatable bonds is 6. The Morgan fingerprint density at radius 1 is 1.21 bits per heavy atom. The quantitative estimate of drug-likeness (QED) is 0.433. The third-order valence-electron chi connectivity index (χ3n) is 4.27. The molecule has 8 heteroatoms. The van der Waals surface area contributed by atoms with Crippen molar-refractivity contribution in [1.29, 1.82) is 0 Å². The van der Waals surface area contributed by atoms with Gasteiger partial charge in [0, 0.05) is 22.6 Å². The maximum Gasteiger partial charge on any atom is 0.256 e. The van der Waals surface area contributed by atoms with Crippen molar-refractivity contribution in [2.45, 2.75) is 18.7 Å². The Morgan fingerprint density at radius 3 is 2.72 bits per heavy atom. The summed E-state index contributed by atoms with van der Waals surface area (Å²) in [6, 6.07) is 15.2. The van der Waals surface area contributed by atoms with Gasteiger partial charge in [0.05, 0.1) is 23.0 Å². The number of fused-ring (bicyclic) bond motifs is 1. The minimum absolute atomic E-state index is 0.179. The van der Waals surface area contributed by atoms with E-state index in [0.717, 1.165) is 32.3 Å². The first kappa shape index (κ1) is 19.5. The molecule has 2 heterocycles. The van der Waals surface area contributed by atoms with Gasteiger partial charge in [0.25, 0.3) is 5.91 Å². The van der Waals surface area contributed by atoms with Crippen LogP contribution in [0.25, 0.3) is 15.3 Å². The van der Waals surface area contributed by atoms with Crippen LogP contribution in [0.15, 0.2) is 53.4 Å². The molecule has 1 amide bonds. The molecule has 0 radical (unpaired) electrons. The van der Waals surface area contributed by atoms with Gasteiger partial charge in [-0.05, 0) is 49.1 Å². The van der Waals surface area contributed by atoms with Gasteiger partial charge >= 0.3 is 0 Å². The van der Waals surface area contributed by atoms with E-state index in [-0.39, 0.29) is 5.91 Å². The molecule has 0 spiro atoms. The van der Waals surface area contributed by atoms with Crippen LogP contribution in [0.5, 0.6) is 5.75 Å². The molecule has 0 bridgehead atoms. The third-order valence-corrected chi connectivity index (χ3v) is 6.17. The first-order chi connectivity index (χ1) is 14.1. The number of carbonyl (C=O) groups is 1. The minimum atomic E-state index is -0.179. The molecule has 0 atom stereocenters. The molecule has 2 aromatic carbocycles. The zero-order valence-electron chi connectivity index (χ0n) is 16.3. The van der Waals surface area contributed by atoms with Crippen LogP contribution in [-0.2, 0) is 0 Å². The number of aromatic nitrogens is 3. The van der Waals surface area contributed by atoms with E-state index in [9.17, 15) is 4.79 Å². The summed E-state index contributed by atoms with van der Waals surface area (Å²) in [4.78, 5) is 18.5. The number of anilines is 1. The fraction of sp³-hybridized carbons (Fsp3) is 0.190. The molecule has 0 unspecified atom stereocenters. The SMILES string of the molecule is CCSc1ccc(C(=O)Nc2cc(C)nn2-c2nc3cc(OC)ccc3s2)cc1. The number of carbonyl (C=O) groups excluding carboxylic acids is 1. The van der Waals surface area contributed by atoms with Gasteiger partial charge in [0.15, 0.2) is 0 Å². The summed E-state index contributed by atoms with van der Waals surface area (Å²) in [6.07, 6.45) is 0. The maximum absolute atomic E-state index is 12.7. The molecule has 2 aromatic heterocycles. The number of nitrogens with zero attached hydrogens (tertiary/aromatic N) is 3. The lowest BCUT2D eigenvalue weighted by Gasteiger charge is -2.07. The summed E-state index contributed by atoms with van der Waals surface area (Å²) in [7, 11) is 1.63. The first-order valence-corrected chi connectivity index (χ1v) is 10.9. The van der Waals surface area contributed by atoms with Crippen LogP contribution in [0.2, 0.25) is 0 Å². The van der Waals surface area contributed by atoms with Crippen molar-refractivity contribution < 1.29 is 9.53 Å². The Balaban J connectivity index is 1.62. The van der Waals surface area contributed by atoms with Crippen LogP contribution in [0.3, 0.4) is 0 Å². The molecule has 148 valence electrons. The fourth-order valence-electron chi connectivity index (χ4n) is 2.90. The number of methoxy groups -OCH3 is 1. The van der Waals surface area contributed by atoms with Crippen molar-refractivity contribution in [2.24, 2.45) is 0 Å². The number of ether oxygens (including phenoxy) is 1. The maximum atomic E-state index is 12.7. The fourth-order valence-corrected chi connectivity index (χ4v) is 4.48. The molecule has 0 fully saturated rings. The molecule has 0 saturated heterocycles. The van der Waals surface area contributed by atoms with Crippen molar-refractivity contribution in [3.8, 4) is 10.9 Å². The molecule has 4 rings (SSSR count). The van der Waals surface area contributed by atoms with Crippen molar-refractivity contribution in [2.75, 3.05) is 18.2 Å². The van der Waals surface area contributed by atoms with Crippen LogP contribution in [0, 0.1) is 6.92 Å². The standard InChI is InChI=1S/C21H20N4O2S2/c1-4-28-16-8-5-14(6-9-16)20(26)23-19-11-13(2)24-25(19)21-22-17-12-15(27-3)7-10-18(17)29-21/h5-12H,4H2,1-3H3,(H,23,26). The second kappa shape index (κ2) is 8.26. The van der Waals surface area contributed by atoms with Crippen molar-refractivity contribution in [3.05, 3.63) is 59.8 Å². The Kier molecular flexibility index (Phi) is 5.55. The summed E-state index contributed by atoms with van der Waals surface area (Å²) in [5.74, 6) is 2.16. The molecule has 0 aliphatic carbocycles. The number of benzene rings is 2. The van der Waals surface area contributed by atoms with Crippen molar-refractivity contribution in [1.82, 2.24) is 14.8 Å².